The van der Waals surface area contributed by atoms with E-state index < -0.39 is 0 Å². The average Bonchev–Trinajstić information content (AvgIpc) is 2.17. The van der Waals surface area contributed by atoms with Gasteiger partial charge < -0.3 is 5.32 Å². The number of nitrogens with one attached hydrogen (secondary N) is 1. The van der Waals surface area contributed by atoms with E-state index in [1.807, 2.05) is 6.92 Å². The molecule has 1 aromatic carbocycles. The summed E-state index contributed by atoms with van der Waals surface area (Å²) in [6.45, 7) is 1.92. The van der Waals surface area contributed by atoms with Crippen molar-refractivity contribution in [2.45, 2.75) is 23.5 Å². The fraction of sp³-hybridized carbons (Fsp3) is 0.300. The maximum Gasteiger partial charge on any atom is 0.237 e. The highest BCUT2D eigenvalue weighted by Gasteiger charge is 2.27. The smallest absolute Gasteiger partial charge is 0.237 e. The Labute approximate surface area is 85.9 Å². The molecular formula is C10H10FNOS. The number of hydrogen-bond acceptors (Lipinski definition) is 2. The van der Waals surface area contributed by atoms with Gasteiger partial charge in [0.1, 0.15) is 5.82 Å². The van der Waals surface area contributed by atoms with E-state index in [9.17, 15) is 9.18 Å². The van der Waals surface area contributed by atoms with Crippen LogP contribution >= 0.6 is 11.8 Å². The Hall–Kier alpha value is -1.03. The summed E-state index contributed by atoms with van der Waals surface area (Å²) in [7, 11) is 0. The SMILES string of the molecule is CCC1Sc2c(F)cccc2NC1=O. The molecule has 2 nitrogen and oxygen atoms in total. The second kappa shape index (κ2) is 3.61. The molecule has 0 bridgehead atoms. The van der Waals surface area contributed by atoms with Crippen molar-refractivity contribution in [3.8, 4) is 0 Å². The fourth-order valence-corrected chi connectivity index (χ4v) is 2.45. The predicted octanol–water partition coefficient (Wildman–Crippen LogP) is 2.65. The highest BCUT2D eigenvalue weighted by atomic mass is 32.2. The van der Waals surface area contributed by atoms with Gasteiger partial charge in [-0.05, 0) is 18.6 Å². The molecule has 0 saturated carbocycles. The van der Waals surface area contributed by atoms with Gasteiger partial charge in [-0.1, -0.05) is 13.0 Å². The Morgan fingerprint density at radius 3 is 3.07 bits per heavy atom. The van der Waals surface area contributed by atoms with Gasteiger partial charge >= 0.3 is 0 Å². The number of amides is 1. The minimum Gasteiger partial charge on any atom is -0.324 e. The van der Waals surface area contributed by atoms with Gasteiger partial charge in [0.05, 0.1) is 15.8 Å². The Morgan fingerprint density at radius 1 is 1.57 bits per heavy atom. The highest BCUT2D eigenvalue weighted by Crippen LogP contribution is 2.38. The van der Waals surface area contributed by atoms with Crippen molar-refractivity contribution >= 4 is 23.4 Å². The van der Waals surface area contributed by atoms with E-state index in [4.69, 9.17) is 0 Å². The number of halogens is 1. The quantitative estimate of drug-likeness (QED) is 0.773. The van der Waals surface area contributed by atoms with Gasteiger partial charge in [0.25, 0.3) is 0 Å². The van der Waals surface area contributed by atoms with Gasteiger partial charge in [-0.25, -0.2) is 4.39 Å². The van der Waals surface area contributed by atoms with E-state index in [-0.39, 0.29) is 17.0 Å². The van der Waals surface area contributed by atoms with Crippen LogP contribution < -0.4 is 5.32 Å². The van der Waals surface area contributed by atoms with Crippen LogP contribution in [-0.4, -0.2) is 11.2 Å². The monoisotopic (exact) mass is 211 g/mol. The van der Waals surface area contributed by atoms with Crippen LogP contribution in [0.15, 0.2) is 23.1 Å². The first-order valence-corrected chi connectivity index (χ1v) is 5.36. The van der Waals surface area contributed by atoms with Crippen molar-refractivity contribution in [2.75, 3.05) is 5.32 Å². The van der Waals surface area contributed by atoms with Gasteiger partial charge in [-0.3, -0.25) is 4.79 Å². The molecule has 0 fully saturated rings. The lowest BCUT2D eigenvalue weighted by molar-refractivity contribution is -0.115. The van der Waals surface area contributed by atoms with Gasteiger partial charge in [0.2, 0.25) is 5.91 Å². The number of thioether (sulfide) groups is 1. The van der Waals surface area contributed by atoms with Crippen molar-refractivity contribution in [1.29, 1.82) is 0 Å². The summed E-state index contributed by atoms with van der Waals surface area (Å²) in [5.74, 6) is -0.290. The first kappa shape index (κ1) is 9.52. The second-order valence-electron chi connectivity index (χ2n) is 3.12. The van der Waals surface area contributed by atoms with E-state index in [0.29, 0.717) is 17.0 Å². The van der Waals surface area contributed by atoms with Gasteiger partial charge in [0.15, 0.2) is 0 Å². The maximum atomic E-state index is 13.3. The summed E-state index contributed by atoms with van der Waals surface area (Å²) in [5.41, 5.74) is 0.588. The minimum atomic E-state index is -0.258. The van der Waals surface area contributed by atoms with Crippen molar-refractivity contribution < 1.29 is 9.18 Å². The zero-order valence-electron chi connectivity index (χ0n) is 7.71. The Morgan fingerprint density at radius 2 is 2.36 bits per heavy atom. The first-order chi connectivity index (χ1) is 6.72. The fourth-order valence-electron chi connectivity index (χ4n) is 1.40. The molecule has 0 spiro atoms. The molecule has 14 heavy (non-hydrogen) atoms. The molecule has 1 N–H and O–H groups in total. The Kier molecular flexibility index (Phi) is 2.46. The van der Waals surface area contributed by atoms with E-state index >= 15 is 0 Å². The van der Waals surface area contributed by atoms with E-state index in [0.717, 1.165) is 0 Å². The summed E-state index contributed by atoms with van der Waals surface area (Å²) in [5, 5.41) is 2.53. The van der Waals surface area contributed by atoms with Crippen LogP contribution in [0.1, 0.15) is 13.3 Å². The molecule has 74 valence electrons. The van der Waals surface area contributed by atoms with Crippen LogP contribution in [0.4, 0.5) is 10.1 Å². The molecule has 1 atom stereocenters. The molecule has 1 aliphatic rings. The van der Waals surface area contributed by atoms with Crippen molar-refractivity contribution in [3.63, 3.8) is 0 Å². The van der Waals surface area contributed by atoms with Crippen LogP contribution in [0.5, 0.6) is 0 Å². The molecule has 1 unspecified atom stereocenters. The van der Waals surface area contributed by atoms with Crippen LogP contribution in [-0.2, 0) is 4.79 Å². The van der Waals surface area contributed by atoms with E-state index in [1.54, 1.807) is 12.1 Å². The van der Waals surface area contributed by atoms with E-state index in [1.165, 1.54) is 17.8 Å². The first-order valence-electron chi connectivity index (χ1n) is 4.48. The molecule has 0 saturated heterocycles. The number of hydrogen-bond donors (Lipinski definition) is 1. The molecule has 1 heterocycles. The van der Waals surface area contributed by atoms with E-state index in [2.05, 4.69) is 5.32 Å². The number of anilines is 1. The maximum absolute atomic E-state index is 13.3. The zero-order chi connectivity index (χ0) is 10.1. The van der Waals surface area contributed by atoms with Crippen LogP contribution in [0.25, 0.3) is 0 Å². The third kappa shape index (κ3) is 1.50. The minimum absolute atomic E-state index is 0.0319. The number of benzene rings is 1. The zero-order valence-corrected chi connectivity index (χ0v) is 8.53. The summed E-state index contributed by atoms with van der Waals surface area (Å²) >= 11 is 1.30. The molecular weight excluding hydrogens is 201 g/mol. The molecule has 0 aromatic heterocycles. The van der Waals surface area contributed by atoms with Crippen molar-refractivity contribution in [3.05, 3.63) is 24.0 Å². The lowest BCUT2D eigenvalue weighted by Gasteiger charge is -2.23. The molecule has 1 amide bonds. The number of rotatable bonds is 1. The third-order valence-electron chi connectivity index (χ3n) is 2.15. The average molecular weight is 211 g/mol. The number of fused-ring (bicyclic) bond motifs is 1. The summed E-state index contributed by atoms with van der Waals surface area (Å²) in [4.78, 5) is 12.0. The number of carbonyl (C=O) groups is 1. The predicted molar refractivity (Wildman–Crippen MR) is 55.0 cm³/mol. The van der Waals surface area contributed by atoms with Crippen LogP contribution in [0, 0.1) is 5.82 Å². The Balaban J connectivity index is 2.40. The van der Waals surface area contributed by atoms with Crippen molar-refractivity contribution in [1.82, 2.24) is 0 Å². The van der Waals surface area contributed by atoms with Gasteiger partial charge in [-0.15, -0.1) is 11.8 Å². The Bertz CT molecular complexity index is 380. The normalized spacial score (nSPS) is 20.1. The third-order valence-corrected chi connectivity index (χ3v) is 3.63. The molecule has 0 aliphatic carbocycles. The molecule has 1 aromatic rings. The standard InChI is InChI=1S/C10H10FNOS/c1-2-8-10(13)12-7-5-3-4-6(11)9(7)14-8/h3-5,8H,2H2,1H3,(H,12,13). The van der Waals surface area contributed by atoms with Crippen LogP contribution in [0.2, 0.25) is 0 Å². The van der Waals surface area contributed by atoms with Gasteiger partial charge in [-0.2, -0.15) is 0 Å². The number of carbonyl (C=O) groups excluding carboxylic acids is 1. The largest absolute Gasteiger partial charge is 0.324 e. The lowest BCUT2D eigenvalue weighted by atomic mass is 10.2. The molecule has 2 rings (SSSR count). The molecule has 1 aliphatic heterocycles. The van der Waals surface area contributed by atoms with Crippen LogP contribution in [0.3, 0.4) is 0 Å². The second-order valence-corrected chi connectivity index (χ2v) is 4.33. The van der Waals surface area contributed by atoms with Gasteiger partial charge in [0, 0.05) is 0 Å². The molecule has 4 heteroatoms. The molecule has 0 radical (unpaired) electrons. The summed E-state index contributed by atoms with van der Waals surface area (Å²) in [6.07, 6.45) is 0.713. The highest BCUT2D eigenvalue weighted by molar-refractivity contribution is 8.01. The topological polar surface area (TPSA) is 29.1 Å². The summed E-state index contributed by atoms with van der Waals surface area (Å²) in [6, 6.07) is 4.73. The summed E-state index contributed by atoms with van der Waals surface area (Å²) < 4.78 is 13.3. The van der Waals surface area contributed by atoms with Crippen molar-refractivity contribution in [2.24, 2.45) is 0 Å². The lowest BCUT2D eigenvalue weighted by Crippen LogP contribution is -2.28.